The molecule has 33 heavy (non-hydrogen) atoms. The monoisotopic (exact) mass is 446 g/mol. The molecule has 3 aromatic rings. The van der Waals surface area contributed by atoms with Gasteiger partial charge in [-0.3, -0.25) is 14.5 Å². The molecule has 4 rings (SSSR count). The summed E-state index contributed by atoms with van der Waals surface area (Å²) in [6, 6.07) is 13.4. The number of amides is 1. The van der Waals surface area contributed by atoms with Gasteiger partial charge >= 0.3 is 0 Å². The highest BCUT2D eigenvalue weighted by Gasteiger charge is 2.48. The Morgan fingerprint density at radius 3 is 2.36 bits per heavy atom. The van der Waals surface area contributed by atoms with Gasteiger partial charge in [0.2, 0.25) is 0 Å². The number of hydrogen-bond donors (Lipinski definition) is 1. The van der Waals surface area contributed by atoms with Gasteiger partial charge in [-0.05, 0) is 67.4 Å². The molecule has 0 radical (unpaired) electrons. The van der Waals surface area contributed by atoms with E-state index in [9.17, 15) is 14.7 Å². The molecule has 1 amide bonds. The Kier molecular flexibility index (Phi) is 5.72. The van der Waals surface area contributed by atoms with Crippen molar-refractivity contribution in [1.29, 1.82) is 0 Å². The van der Waals surface area contributed by atoms with E-state index in [1.165, 1.54) is 18.3 Å². The average molecular weight is 447 g/mol. The molecule has 1 aliphatic heterocycles. The molecule has 1 unspecified atom stereocenters. The number of carbonyl (C=O) groups excluding carboxylic acids is 2. The number of Topliss-reactive ketones (excluding diaryl/α,β-unsaturated/α-hetero) is 1. The zero-order valence-corrected chi connectivity index (χ0v) is 19.2. The summed E-state index contributed by atoms with van der Waals surface area (Å²) in [5, 5.41) is 11.4. The molecule has 1 saturated heterocycles. The van der Waals surface area contributed by atoms with Gasteiger partial charge in [0, 0.05) is 25.5 Å². The molecular weight excluding hydrogens is 420 g/mol. The highest BCUT2D eigenvalue weighted by atomic mass is 16.5. The number of anilines is 2. The minimum absolute atomic E-state index is 0.0464. The molecule has 1 aliphatic rings. The molecule has 2 heterocycles. The number of aliphatic hydroxyl groups is 1. The van der Waals surface area contributed by atoms with Crippen LogP contribution in [0.3, 0.4) is 0 Å². The maximum Gasteiger partial charge on any atom is 0.300 e. The minimum atomic E-state index is -0.921. The number of furan rings is 1. The molecule has 170 valence electrons. The third kappa shape index (κ3) is 3.75. The van der Waals surface area contributed by atoms with Crippen LogP contribution in [0.4, 0.5) is 11.4 Å². The van der Waals surface area contributed by atoms with Crippen molar-refractivity contribution in [1.82, 2.24) is 0 Å². The van der Waals surface area contributed by atoms with Crippen molar-refractivity contribution in [2.45, 2.75) is 19.9 Å². The Morgan fingerprint density at radius 2 is 1.79 bits per heavy atom. The molecule has 1 atom stereocenters. The molecule has 0 spiro atoms. The fraction of sp³-hybridized carbons (Fsp3) is 0.231. The summed E-state index contributed by atoms with van der Waals surface area (Å²) in [7, 11) is 5.34. The highest BCUT2D eigenvalue weighted by Crippen LogP contribution is 2.44. The van der Waals surface area contributed by atoms with Gasteiger partial charge < -0.3 is 19.2 Å². The molecule has 1 fully saturated rings. The summed E-state index contributed by atoms with van der Waals surface area (Å²) in [4.78, 5) is 29.8. The van der Waals surface area contributed by atoms with Crippen LogP contribution in [-0.4, -0.2) is 38.0 Å². The Balaban J connectivity index is 1.94. The maximum absolute atomic E-state index is 13.3. The summed E-state index contributed by atoms with van der Waals surface area (Å²) in [5.41, 5.74) is 3.47. The predicted octanol–water partition coefficient (Wildman–Crippen LogP) is 4.60. The summed E-state index contributed by atoms with van der Waals surface area (Å²) in [5.74, 6) is -1.01. The van der Waals surface area contributed by atoms with E-state index in [1.54, 1.807) is 30.3 Å². The first-order valence-electron chi connectivity index (χ1n) is 10.5. The Bertz CT molecular complexity index is 1240. The van der Waals surface area contributed by atoms with Gasteiger partial charge in [0.1, 0.15) is 23.3 Å². The summed E-state index contributed by atoms with van der Waals surface area (Å²) < 4.78 is 11.1. The van der Waals surface area contributed by atoms with E-state index in [2.05, 4.69) is 0 Å². The third-order valence-electron chi connectivity index (χ3n) is 5.78. The number of hydrogen-bond acceptors (Lipinski definition) is 6. The van der Waals surface area contributed by atoms with Gasteiger partial charge in [-0.2, -0.15) is 0 Å². The van der Waals surface area contributed by atoms with E-state index < -0.39 is 17.7 Å². The van der Waals surface area contributed by atoms with E-state index in [4.69, 9.17) is 9.15 Å². The van der Waals surface area contributed by atoms with Crippen molar-refractivity contribution >= 4 is 28.8 Å². The van der Waals surface area contributed by atoms with Crippen LogP contribution >= 0.6 is 0 Å². The van der Waals surface area contributed by atoms with Gasteiger partial charge in [0.05, 0.1) is 24.5 Å². The van der Waals surface area contributed by atoms with Crippen molar-refractivity contribution < 1.29 is 23.8 Å². The molecule has 7 heteroatoms. The van der Waals surface area contributed by atoms with Crippen LogP contribution in [-0.2, 0) is 9.59 Å². The van der Waals surface area contributed by atoms with Gasteiger partial charge in [-0.15, -0.1) is 0 Å². The predicted molar refractivity (Wildman–Crippen MR) is 127 cm³/mol. The van der Waals surface area contributed by atoms with Crippen molar-refractivity contribution in [3.8, 4) is 5.75 Å². The Hall–Kier alpha value is -4.00. The van der Waals surface area contributed by atoms with Crippen LogP contribution in [0, 0.1) is 13.8 Å². The first-order chi connectivity index (χ1) is 15.7. The zero-order chi connectivity index (χ0) is 23.9. The van der Waals surface area contributed by atoms with Crippen LogP contribution in [0.25, 0.3) is 5.76 Å². The number of rotatable bonds is 5. The lowest BCUT2D eigenvalue weighted by molar-refractivity contribution is -0.132. The molecule has 0 saturated carbocycles. The summed E-state index contributed by atoms with van der Waals surface area (Å²) >= 11 is 0. The number of nitrogens with zero attached hydrogens (tertiary/aromatic N) is 2. The van der Waals surface area contributed by atoms with Gasteiger partial charge in [-0.1, -0.05) is 6.07 Å². The fourth-order valence-corrected chi connectivity index (χ4v) is 4.27. The van der Waals surface area contributed by atoms with E-state index >= 15 is 0 Å². The number of methoxy groups -OCH3 is 1. The lowest BCUT2D eigenvalue weighted by atomic mass is 9.96. The second-order valence-corrected chi connectivity index (χ2v) is 8.26. The second-order valence-electron chi connectivity index (χ2n) is 8.26. The highest BCUT2D eigenvalue weighted by molar-refractivity contribution is 6.51. The lowest BCUT2D eigenvalue weighted by Gasteiger charge is -2.24. The molecule has 7 nitrogen and oxygen atoms in total. The maximum atomic E-state index is 13.3. The number of carbonyl (C=O) groups is 2. The molecule has 0 aliphatic carbocycles. The molecule has 0 bridgehead atoms. The van der Waals surface area contributed by atoms with Gasteiger partial charge in [0.15, 0.2) is 0 Å². The number of aliphatic hydroxyl groups excluding tert-OH is 1. The van der Waals surface area contributed by atoms with Crippen molar-refractivity contribution in [2.24, 2.45) is 0 Å². The first-order valence-corrected chi connectivity index (χ1v) is 10.5. The van der Waals surface area contributed by atoms with E-state index in [0.29, 0.717) is 22.8 Å². The standard InChI is InChI=1S/C26H26N2O5/c1-15-13-16(2)25(32-5)19(14-15)23(29)21-22(20-7-6-12-33-20)28(26(31)24(21)30)18-10-8-17(9-11-18)27(3)4/h6-14,22,29H,1-5H3/b23-21-. The first kappa shape index (κ1) is 22.2. The molecule has 1 aromatic heterocycles. The topological polar surface area (TPSA) is 83.2 Å². The summed E-state index contributed by atoms with van der Waals surface area (Å²) in [6.07, 6.45) is 1.47. The quantitative estimate of drug-likeness (QED) is 0.350. The lowest BCUT2D eigenvalue weighted by Crippen LogP contribution is -2.29. The number of benzene rings is 2. The number of ketones is 1. The van der Waals surface area contributed by atoms with Crippen molar-refractivity contribution in [3.05, 3.63) is 82.8 Å². The summed E-state index contributed by atoms with van der Waals surface area (Å²) in [6.45, 7) is 3.75. The van der Waals surface area contributed by atoms with Crippen LogP contribution in [0.2, 0.25) is 0 Å². The average Bonchev–Trinajstić information content (AvgIpc) is 3.40. The minimum Gasteiger partial charge on any atom is -0.507 e. The Labute approximate surface area is 192 Å². The number of aryl methyl sites for hydroxylation is 2. The van der Waals surface area contributed by atoms with Gasteiger partial charge in [-0.25, -0.2) is 0 Å². The van der Waals surface area contributed by atoms with E-state index in [1.807, 2.05) is 51.0 Å². The van der Waals surface area contributed by atoms with Crippen molar-refractivity contribution in [3.63, 3.8) is 0 Å². The normalized spacial score (nSPS) is 17.5. The molecule has 1 N–H and O–H groups in total. The fourth-order valence-electron chi connectivity index (χ4n) is 4.27. The second kappa shape index (κ2) is 8.50. The largest absolute Gasteiger partial charge is 0.507 e. The number of ether oxygens (including phenoxy) is 1. The van der Waals surface area contributed by atoms with Crippen LogP contribution in [0.1, 0.15) is 28.5 Å². The Morgan fingerprint density at radius 1 is 1.09 bits per heavy atom. The van der Waals surface area contributed by atoms with Crippen LogP contribution in [0.5, 0.6) is 5.75 Å². The molecule has 2 aromatic carbocycles. The van der Waals surface area contributed by atoms with Crippen LogP contribution in [0.15, 0.2) is 64.8 Å². The van der Waals surface area contributed by atoms with Crippen LogP contribution < -0.4 is 14.5 Å². The van der Waals surface area contributed by atoms with Crippen molar-refractivity contribution in [2.75, 3.05) is 31.0 Å². The van der Waals surface area contributed by atoms with E-state index in [0.717, 1.165) is 16.8 Å². The molecular formula is C26H26N2O5. The smallest absolute Gasteiger partial charge is 0.300 e. The third-order valence-corrected chi connectivity index (χ3v) is 5.78. The SMILES string of the molecule is COc1c(C)cc(C)cc1/C(O)=C1/C(=O)C(=O)N(c2ccc(N(C)C)cc2)C1c1ccco1. The van der Waals surface area contributed by atoms with E-state index in [-0.39, 0.29) is 11.3 Å². The zero-order valence-electron chi connectivity index (χ0n) is 19.2. The van der Waals surface area contributed by atoms with Gasteiger partial charge in [0.25, 0.3) is 11.7 Å².